The zero-order valence-corrected chi connectivity index (χ0v) is 37.6. The number of likely N-dealkylation sites (N-methyl/N-ethyl adjacent to an activating group) is 1. The number of esters is 1. The van der Waals surface area contributed by atoms with Crippen LogP contribution in [-0.4, -0.2) is 127 Å². The highest BCUT2D eigenvalue weighted by Gasteiger charge is 2.53. The molecule has 3 fully saturated rings. The van der Waals surface area contributed by atoms with Crippen LogP contribution in [0.15, 0.2) is 0 Å². The van der Waals surface area contributed by atoms with E-state index in [-0.39, 0.29) is 33.4 Å². The van der Waals surface area contributed by atoms with E-state index in [0.29, 0.717) is 6.42 Å². The normalized spacial score (nSPS) is 47.9. The number of cyclic esters (lactones) is 1. The summed E-state index contributed by atoms with van der Waals surface area (Å²) in [5.41, 5.74) is -3.76. The second-order valence-electron chi connectivity index (χ2n) is 17.4. The Labute approximate surface area is 324 Å². The minimum Gasteiger partial charge on any atom is -0.462 e. The quantitative estimate of drug-likeness (QED) is 0.226. The first kappa shape index (κ1) is 47.4. The van der Waals surface area contributed by atoms with Crippen molar-refractivity contribution in [1.29, 1.82) is 0 Å². The van der Waals surface area contributed by atoms with E-state index in [1.807, 2.05) is 69.5 Å². The largest absolute Gasteiger partial charge is 0.462 e. The summed E-state index contributed by atoms with van der Waals surface area (Å²) in [5.74, 6) is -3.03. The highest BCUT2D eigenvalue weighted by molar-refractivity contribution is 7.24. The monoisotopic (exact) mass is 813 g/mol. The van der Waals surface area contributed by atoms with Gasteiger partial charge in [0.1, 0.15) is 18.3 Å². The van der Waals surface area contributed by atoms with Crippen LogP contribution >= 0.6 is 27.4 Å². The van der Waals surface area contributed by atoms with E-state index >= 15 is 0 Å². The Bertz CT molecular complexity index is 1200. The molecule has 3 aliphatic heterocycles. The number of aliphatic hydroxyl groups is 2. The van der Waals surface area contributed by atoms with Gasteiger partial charge >= 0.3 is 5.97 Å². The van der Waals surface area contributed by atoms with Gasteiger partial charge in [-0.05, 0) is 80.3 Å². The van der Waals surface area contributed by atoms with E-state index in [2.05, 4.69) is 23.8 Å². The minimum absolute atomic E-state index is 0.0636. The summed E-state index contributed by atoms with van der Waals surface area (Å²) in [6.45, 7) is 20.4. The Balaban J connectivity index is 2.20. The number of aliphatic hydroxyl groups excluding tert-OH is 1. The van der Waals surface area contributed by atoms with Crippen molar-refractivity contribution >= 4 is 33.4 Å². The number of methoxy groups -OCH3 is 1. The summed E-state index contributed by atoms with van der Waals surface area (Å²) in [5, 5.41) is 24.4. The summed E-state index contributed by atoms with van der Waals surface area (Å²) < 4.78 is 63.1. The average Bonchev–Trinajstić information content (AvgIpc) is 3.07. The van der Waals surface area contributed by atoms with E-state index in [9.17, 15) is 19.6 Å². The number of rotatable bonds is 9. The van der Waals surface area contributed by atoms with Crippen molar-refractivity contribution in [2.24, 2.45) is 29.1 Å². The SMILES string of the molecule is COC1(C)CC(OC2[C@H](C)C(OC3O[C@H](C)CC(N(C)C)C3OP)C(C)(O)CC(C)C(O)[C@H](C)C(P=O)C(C)(C)C(C)OC(=O)[C@@H]2C)O[C@@H](C)C1OP. The summed E-state index contributed by atoms with van der Waals surface area (Å²) in [6.07, 6.45) is -5.79. The van der Waals surface area contributed by atoms with Crippen LogP contribution in [0, 0.1) is 29.1 Å². The molecule has 0 aromatic carbocycles. The molecule has 0 spiro atoms. The molecule has 13 nitrogen and oxygen atoms in total. The first-order chi connectivity index (χ1) is 24.5. The van der Waals surface area contributed by atoms with E-state index in [1.165, 1.54) is 0 Å². The van der Waals surface area contributed by atoms with Gasteiger partial charge in [0.25, 0.3) is 0 Å². The molecule has 3 aliphatic rings. The number of ether oxygens (including phenoxy) is 6. The predicted molar refractivity (Wildman–Crippen MR) is 208 cm³/mol. The lowest BCUT2D eigenvalue weighted by Crippen LogP contribution is -2.61. The van der Waals surface area contributed by atoms with Crippen LogP contribution in [0.2, 0.25) is 0 Å². The van der Waals surface area contributed by atoms with Crippen LogP contribution in [0.3, 0.4) is 0 Å². The maximum Gasteiger partial charge on any atom is 0.311 e. The summed E-state index contributed by atoms with van der Waals surface area (Å²) in [4.78, 5) is 16.3. The molecule has 0 radical (unpaired) electrons. The van der Waals surface area contributed by atoms with Crippen molar-refractivity contribution in [3.8, 4) is 0 Å². The molecule has 53 heavy (non-hydrogen) atoms. The van der Waals surface area contributed by atoms with Crippen molar-refractivity contribution in [3.05, 3.63) is 0 Å². The van der Waals surface area contributed by atoms with Crippen molar-refractivity contribution < 1.29 is 57.0 Å². The van der Waals surface area contributed by atoms with E-state index < -0.39 is 107 Å². The third-order valence-electron chi connectivity index (χ3n) is 12.6. The third-order valence-corrected chi connectivity index (χ3v) is 14.6. The Hall–Kier alpha value is 0.0300. The smallest absolute Gasteiger partial charge is 0.311 e. The van der Waals surface area contributed by atoms with Gasteiger partial charge in [0.05, 0.1) is 53.3 Å². The van der Waals surface area contributed by atoms with E-state index in [0.717, 1.165) is 0 Å². The zero-order chi connectivity index (χ0) is 40.4. The van der Waals surface area contributed by atoms with E-state index in [1.54, 1.807) is 27.9 Å². The number of hydrogen-bond acceptors (Lipinski definition) is 13. The highest BCUT2D eigenvalue weighted by atomic mass is 31.1. The van der Waals surface area contributed by atoms with Gasteiger partial charge in [0, 0.05) is 49.8 Å². The predicted octanol–water partition coefficient (Wildman–Crippen LogP) is 5.39. The molecule has 0 saturated carbocycles. The van der Waals surface area contributed by atoms with Crippen molar-refractivity contribution in [2.75, 3.05) is 21.2 Å². The van der Waals surface area contributed by atoms with Gasteiger partial charge in [-0.25, -0.2) is 0 Å². The van der Waals surface area contributed by atoms with Gasteiger partial charge in [-0.15, -0.1) is 0 Å². The fourth-order valence-corrected chi connectivity index (χ4v) is 10.6. The maximum absolute atomic E-state index is 14.3. The van der Waals surface area contributed by atoms with Crippen LogP contribution in [-0.2, 0) is 46.8 Å². The number of carbonyl (C=O) groups excluding carboxylic acids is 1. The Morgan fingerprint density at radius 3 is 2.04 bits per heavy atom. The third kappa shape index (κ3) is 10.6. The van der Waals surface area contributed by atoms with Crippen LogP contribution in [0.5, 0.6) is 0 Å². The Morgan fingerprint density at radius 2 is 1.51 bits per heavy atom. The van der Waals surface area contributed by atoms with Gasteiger partial charge in [-0.1, -0.05) is 34.6 Å². The van der Waals surface area contributed by atoms with Crippen LogP contribution < -0.4 is 0 Å². The first-order valence-corrected chi connectivity index (χ1v) is 20.8. The second kappa shape index (κ2) is 19.2. The van der Waals surface area contributed by atoms with Crippen molar-refractivity contribution in [2.45, 2.75) is 180 Å². The Kier molecular flexibility index (Phi) is 17.2. The molecule has 3 saturated heterocycles. The number of carbonyl (C=O) groups is 1. The molecule has 0 aromatic heterocycles. The summed E-state index contributed by atoms with van der Waals surface area (Å²) in [7, 11) is 9.99. The topological polar surface area (TPSA) is 152 Å². The lowest BCUT2D eigenvalue weighted by atomic mass is 9.72. The Morgan fingerprint density at radius 1 is 0.887 bits per heavy atom. The molecule has 16 heteroatoms. The summed E-state index contributed by atoms with van der Waals surface area (Å²) in [6, 6.07) is -0.0636. The van der Waals surface area contributed by atoms with Crippen molar-refractivity contribution in [1.82, 2.24) is 4.90 Å². The first-order valence-electron chi connectivity index (χ1n) is 19.0. The van der Waals surface area contributed by atoms with E-state index in [4.69, 9.17) is 37.5 Å². The van der Waals surface area contributed by atoms with Gasteiger partial charge in [-0.3, -0.25) is 9.36 Å². The van der Waals surface area contributed by atoms with Crippen LogP contribution in [0.1, 0.15) is 95.4 Å². The number of hydrogen-bond donors (Lipinski definition) is 2. The molecule has 310 valence electrons. The molecule has 3 heterocycles. The molecule has 0 aromatic rings. The average molecular weight is 814 g/mol. The fraction of sp³-hybridized carbons (Fsp3) is 0.973. The van der Waals surface area contributed by atoms with Crippen molar-refractivity contribution in [3.63, 3.8) is 0 Å². The van der Waals surface area contributed by atoms with Gasteiger partial charge in [-0.2, -0.15) is 0 Å². The zero-order valence-electron chi connectivity index (χ0n) is 34.4. The van der Waals surface area contributed by atoms with Gasteiger partial charge < -0.3 is 52.6 Å². The fourth-order valence-electron chi connectivity index (χ4n) is 8.96. The molecule has 2 N–H and O–H groups in total. The standard InChI is InChI=1S/C37H70NO12P3/c1-18-16-36(10,41)30(48-34-29(49-51)25(38(12)13)15-19(2)44-34)21(4)28(47-26-17-37(11,43-14)31(50-52)23(6)45-26)22(5)33(40)46-24(7)35(8,9)32(53-42)20(3)27(18)39/h18-32,34,39,41H,15-17,51-52H2,1-14H3/t18?,19-,20+,21+,22-,23+,24?,25?,26?,27?,28?,29?,30?,31?,32?,34?,36?,37?/m1/s1. The summed E-state index contributed by atoms with van der Waals surface area (Å²) >= 11 is 0. The van der Waals surface area contributed by atoms with Crippen LogP contribution in [0.4, 0.5) is 0 Å². The molecule has 0 aliphatic carbocycles. The minimum atomic E-state index is -1.61. The molecule has 0 bridgehead atoms. The second-order valence-corrected chi connectivity index (χ2v) is 18.7. The maximum atomic E-state index is 14.3. The highest BCUT2D eigenvalue weighted by Crippen LogP contribution is 2.45. The molecule has 15 unspecified atom stereocenters. The van der Waals surface area contributed by atoms with Crippen LogP contribution in [0.25, 0.3) is 0 Å². The lowest BCUT2D eigenvalue weighted by Gasteiger charge is -2.50. The molecule has 20 atom stereocenters. The van der Waals surface area contributed by atoms with Gasteiger partial charge in [0.2, 0.25) is 0 Å². The molecular weight excluding hydrogens is 743 g/mol. The lowest BCUT2D eigenvalue weighted by molar-refractivity contribution is -0.313. The van der Waals surface area contributed by atoms with Gasteiger partial charge in [0.15, 0.2) is 21.0 Å². The molecule has 0 amide bonds. The molecule has 3 rings (SSSR count). The number of nitrogens with zero attached hydrogens (tertiary/aromatic N) is 1. The molecular formula is C37H70NO12P3.